The van der Waals surface area contributed by atoms with Crippen molar-refractivity contribution < 1.29 is 9.53 Å². The fraction of sp³-hybridized carbons (Fsp3) is 0.118. The van der Waals surface area contributed by atoms with Crippen molar-refractivity contribution in [3.05, 3.63) is 77.9 Å². The maximum Gasteiger partial charge on any atom is 0.222 e. The van der Waals surface area contributed by atoms with E-state index in [2.05, 4.69) is 6.58 Å². The fourth-order valence-corrected chi connectivity index (χ4v) is 2.48. The number of benzene rings is 2. The van der Waals surface area contributed by atoms with E-state index in [-0.39, 0.29) is 3.79 Å². The van der Waals surface area contributed by atoms with Crippen LogP contribution in [-0.2, 0) is 13.0 Å². The van der Waals surface area contributed by atoms with E-state index in [0.29, 0.717) is 18.6 Å². The zero-order chi connectivity index (χ0) is 14.4. The Balaban J connectivity index is 2.24. The number of allylic oxidation sites excluding steroid dienone is 1. The van der Waals surface area contributed by atoms with E-state index in [1.807, 2.05) is 48.5 Å². The Kier molecular flexibility index (Phi) is 5.35. The highest BCUT2D eigenvalue weighted by molar-refractivity contribution is 14.1. The van der Waals surface area contributed by atoms with Gasteiger partial charge in [-0.15, -0.1) is 6.58 Å². The average molecular weight is 378 g/mol. The summed E-state index contributed by atoms with van der Waals surface area (Å²) in [6, 6.07) is 15.5. The van der Waals surface area contributed by atoms with Crippen molar-refractivity contribution in [2.24, 2.45) is 0 Å². The van der Waals surface area contributed by atoms with Crippen LogP contribution in [0.5, 0.6) is 5.75 Å². The maximum atomic E-state index is 11.7. The summed E-state index contributed by atoms with van der Waals surface area (Å²) in [6.07, 6.45) is 2.41. The van der Waals surface area contributed by atoms with Gasteiger partial charge in [-0.05, 0) is 18.1 Å². The van der Waals surface area contributed by atoms with E-state index in [9.17, 15) is 4.79 Å². The molecule has 0 unspecified atom stereocenters. The molecule has 0 saturated carbocycles. The highest BCUT2D eigenvalue weighted by atomic mass is 127. The van der Waals surface area contributed by atoms with Gasteiger partial charge in [-0.25, -0.2) is 0 Å². The van der Waals surface area contributed by atoms with Crippen molar-refractivity contribution in [2.45, 2.75) is 13.0 Å². The molecule has 2 rings (SSSR count). The third kappa shape index (κ3) is 3.70. The van der Waals surface area contributed by atoms with Gasteiger partial charge in [0.25, 0.3) is 0 Å². The highest BCUT2D eigenvalue weighted by Crippen LogP contribution is 2.26. The van der Waals surface area contributed by atoms with Crippen LogP contribution < -0.4 is 4.74 Å². The molecule has 0 N–H and O–H groups in total. The predicted octanol–water partition coefficient (Wildman–Crippen LogP) is 4.57. The summed E-state index contributed by atoms with van der Waals surface area (Å²) in [4.78, 5) is 11.7. The first kappa shape index (κ1) is 14.8. The number of hydrogen-bond donors (Lipinski definition) is 0. The van der Waals surface area contributed by atoms with Crippen LogP contribution in [0.25, 0.3) is 0 Å². The van der Waals surface area contributed by atoms with Crippen molar-refractivity contribution in [1.82, 2.24) is 0 Å². The molecular formula is C17H15IO2. The first-order valence-corrected chi connectivity index (χ1v) is 7.39. The van der Waals surface area contributed by atoms with E-state index in [1.165, 1.54) is 0 Å². The minimum Gasteiger partial charge on any atom is -0.489 e. The van der Waals surface area contributed by atoms with Gasteiger partial charge in [-0.1, -0.05) is 48.5 Å². The molecule has 102 valence electrons. The van der Waals surface area contributed by atoms with E-state index < -0.39 is 0 Å². The summed E-state index contributed by atoms with van der Waals surface area (Å²) >= 11 is 1.80. The molecule has 20 heavy (non-hydrogen) atoms. The lowest BCUT2D eigenvalue weighted by Gasteiger charge is -2.13. The zero-order valence-electron chi connectivity index (χ0n) is 11.0. The highest BCUT2D eigenvalue weighted by Gasteiger charge is 2.12. The van der Waals surface area contributed by atoms with Crippen molar-refractivity contribution in [3.63, 3.8) is 0 Å². The van der Waals surface area contributed by atoms with Crippen LogP contribution in [-0.4, -0.2) is 3.79 Å². The van der Waals surface area contributed by atoms with Gasteiger partial charge in [-0.2, -0.15) is 0 Å². The predicted molar refractivity (Wildman–Crippen MR) is 89.5 cm³/mol. The lowest BCUT2D eigenvalue weighted by Crippen LogP contribution is -2.03. The molecule has 0 aromatic heterocycles. The Hall–Kier alpha value is -1.62. The third-order valence-electron chi connectivity index (χ3n) is 2.93. The number of halogens is 1. The van der Waals surface area contributed by atoms with E-state index in [0.717, 1.165) is 16.9 Å². The second-order valence-corrected chi connectivity index (χ2v) is 5.30. The average Bonchev–Trinajstić information content (AvgIpc) is 2.47. The fourth-order valence-electron chi connectivity index (χ4n) is 1.98. The largest absolute Gasteiger partial charge is 0.489 e. The van der Waals surface area contributed by atoms with Gasteiger partial charge in [0.15, 0.2) is 0 Å². The molecule has 0 aliphatic carbocycles. The lowest BCUT2D eigenvalue weighted by atomic mass is 10.0. The standard InChI is InChI=1S/C17H15IO2/c1-2-7-14-15(17(18)19)10-6-11-16(14)20-12-13-8-4-3-5-9-13/h2-6,8-11H,1,7,12H2. The van der Waals surface area contributed by atoms with Crippen LogP contribution >= 0.6 is 22.6 Å². The van der Waals surface area contributed by atoms with Gasteiger partial charge in [0.2, 0.25) is 3.79 Å². The molecule has 0 bridgehead atoms. The quantitative estimate of drug-likeness (QED) is 0.418. The van der Waals surface area contributed by atoms with Crippen molar-refractivity contribution in [3.8, 4) is 5.75 Å². The summed E-state index contributed by atoms with van der Waals surface area (Å²) in [7, 11) is 0. The molecule has 0 atom stereocenters. The first-order valence-electron chi connectivity index (χ1n) is 6.31. The Morgan fingerprint density at radius 2 is 1.90 bits per heavy atom. The van der Waals surface area contributed by atoms with Crippen LogP contribution in [0.4, 0.5) is 0 Å². The van der Waals surface area contributed by atoms with Crippen LogP contribution in [0.3, 0.4) is 0 Å². The molecule has 2 aromatic rings. The van der Waals surface area contributed by atoms with Gasteiger partial charge in [0.05, 0.1) is 0 Å². The molecule has 2 nitrogen and oxygen atoms in total. The van der Waals surface area contributed by atoms with Gasteiger partial charge in [0.1, 0.15) is 12.4 Å². The second-order valence-electron chi connectivity index (χ2n) is 4.32. The third-order valence-corrected chi connectivity index (χ3v) is 3.51. The number of rotatable bonds is 6. The number of carbonyl (C=O) groups is 1. The van der Waals surface area contributed by atoms with Crippen molar-refractivity contribution >= 4 is 26.4 Å². The van der Waals surface area contributed by atoms with Crippen LogP contribution in [0.2, 0.25) is 0 Å². The van der Waals surface area contributed by atoms with Crippen LogP contribution in [0, 0.1) is 0 Å². The number of carbonyl (C=O) groups excluding carboxylic acids is 1. The Labute approximate surface area is 132 Å². The molecule has 3 heteroatoms. The zero-order valence-corrected chi connectivity index (χ0v) is 13.2. The second kappa shape index (κ2) is 7.24. The normalized spacial score (nSPS) is 10.1. The van der Waals surface area contributed by atoms with E-state index in [1.54, 1.807) is 28.7 Å². The maximum absolute atomic E-state index is 11.7. The number of ether oxygens (including phenoxy) is 1. The summed E-state index contributed by atoms with van der Waals surface area (Å²) in [6.45, 7) is 4.24. The molecule has 0 spiro atoms. The summed E-state index contributed by atoms with van der Waals surface area (Å²) in [5, 5.41) is 0. The molecule has 0 heterocycles. The van der Waals surface area contributed by atoms with Gasteiger partial charge >= 0.3 is 0 Å². The number of hydrogen-bond acceptors (Lipinski definition) is 2. The minimum absolute atomic E-state index is 0.0182. The van der Waals surface area contributed by atoms with Gasteiger partial charge in [-0.3, -0.25) is 4.79 Å². The topological polar surface area (TPSA) is 26.3 Å². The van der Waals surface area contributed by atoms with Crippen LogP contribution in [0.15, 0.2) is 61.2 Å². The molecule has 0 amide bonds. The summed E-state index contributed by atoms with van der Waals surface area (Å²) < 4.78 is 5.88. The summed E-state index contributed by atoms with van der Waals surface area (Å²) in [5.41, 5.74) is 2.69. The molecule has 0 aliphatic heterocycles. The molecule has 0 fully saturated rings. The minimum atomic E-state index is 0.0182. The monoisotopic (exact) mass is 378 g/mol. The Morgan fingerprint density at radius 3 is 2.55 bits per heavy atom. The van der Waals surface area contributed by atoms with Crippen LogP contribution in [0.1, 0.15) is 21.5 Å². The van der Waals surface area contributed by atoms with Crippen molar-refractivity contribution in [1.29, 1.82) is 0 Å². The molecule has 0 radical (unpaired) electrons. The first-order chi connectivity index (χ1) is 9.72. The van der Waals surface area contributed by atoms with Gasteiger partial charge in [0, 0.05) is 33.7 Å². The van der Waals surface area contributed by atoms with E-state index >= 15 is 0 Å². The Morgan fingerprint density at radius 1 is 1.15 bits per heavy atom. The molecule has 0 saturated heterocycles. The Bertz CT molecular complexity index is 606. The molecule has 0 aliphatic rings. The van der Waals surface area contributed by atoms with E-state index in [4.69, 9.17) is 4.74 Å². The molecule has 2 aromatic carbocycles. The SMILES string of the molecule is C=CCc1c(OCc2ccccc2)cccc1C(=O)I. The smallest absolute Gasteiger partial charge is 0.222 e. The van der Waals surface area contributed by atoms with Gasteiger partial charge < -0.3 is 4.74 Å². The van der Waals surface area contributed by atoms with Crippen molar-refractivity contribution in [2.75, 3.05) is 0 Å². The lowest BCUT2D eigenvalue weighted by molar-refractivity contribution is 0.110. The molecular weight excluding hydrogens is 363 g/mol. The summed E-state index contributed by atoms with van der Waals surface area (Å²) in [5.74, 6) is 0.747.